The van der Waals surface area contributed by atoms with Crippen LogP contribution in [0.5, 0.6) is 5.88 Å². The van der Waals surface area contributed by atoms with E-state index in [4.69, 9.17) is 4.74 Å². The van der Waals surface area contributed by atoms with Crippen molar-refractivity contribution in [1.82, 2.24) is 15.2 Å². The van der Waals surface area contributed by atoms with Crippen molar-refractivity contribution in [1.29, 1.82) is 0 Å². The lowest BCUT2D eigenvalue weighted by Gasteiger charge is -2.28. The third kappa shape index (κ3) is 2.99. The van der Waals surface area contributed by atoms with Crippen molar-refractivity contribution < 1.29 is 9.53 Å². The van der Waals surface area contributed by atoms with Crippen molar-refractivity contribution in [3.8, 4) is 17.1 Å². The summed E-state index contributed by atoms with van der Waals surface area (Å²) in [7, 11) is 0. The summed E-state index contributed by atoms with van der Waals surface area (Å²) in [5, 5.41) is 8.99. The predicted molar refractivity (Wildman–Crippen MR) is 94.1 cm³/mol. The number of carbonyl (C=O) groups excluding carboxylic acids is 1. The van der Waals surface area contributed by atoms with Crippen molar-refractivity contribution in [2.75, 3.05) is 10.7 Å². The molecule has 0 spiro atoms. The zero-order valence-corrected chi connectivity index (χ0v) is 14.4. The fourth-order valence-electron chi connectivity index (χ4n) is 2.60. The maximum Gasteiger partial charge on any atom is 0.247 e. The summed E-state index contributed by atoms with van der Waals surface area (Å²) in [5.41, 5.74) is 2.10. The summed E-state index contributed by atoms with van der Waals surface area (Å²) in [6.45, 7) is 7.19. The Hall–Kier alpha value is -2.41. The topological polar surface area (TPSA) is 68.2 Å². The second kappa shape index (κ2) is 7.00. The molecule has 0 saturated carbocycles. The third-order valence-electron chi connectivity index (χ3n) is 3.61. The van der Waals surface area contributed by atoms with E-state index in [0.29, 0.717) is 28.9 Å². The second-order valence-corrected chi connectivity index (χ2v) is 6.22. The predicted octanol–water partition coefficient (Wildman–Crippen LogP) is 3.30. The van der Waals surface area contributed by atoms with Gasteiger partial charge in [0.15, 0.2) is 11.9 Å². The summed E-state index contributed by atoms with van der Waals surface area (Å²) < 4.78 is 6.04. The van der Waals surface area contributed by atoms with Gasteiger partial charge in [-0.05, 0) is 6.07 Å². The molecule has 6 nitrogen and oxygen atoms in total. The molecular weight excluding hydrogens is 324 g/mol. The average molecular weight is 342 g/mol. The lowest BCUT2D eigenvalue weighted by Crippen LogP contribution is -2.42. The van der Waals surface area contributed by atoms with Gasteiger partial charge in [-0.25, -0.2) is 0 Å². The minimum atomic E-state index is -0.432. The van der Waals surface area contributed by atoms with Crippen LogP contribution in [0, 0.1) is 0 Å². The molecular formula is C17H18N4O2S. The molecule has 3 rings (SSSR count). The van der Waals surface area contributed by atoms with E-state index in [1.807, 2.05) is 31.2 Å². The van der Waals surface area contributed by atoms with Gasteiger partial charge in [0, 0.05) is 24.7 Å². The molecule has 0 unspecified atom stereocenters. The first-order valence-corrected chi connectivity index (χ1v) is 8.68. The summed E-state index contributed by atoms with van der Waals surface area (Å²) in [6.07, 6.45) is 1.98. The lowest BCUT2D eigenvalue weighted by molar-refractivity contribution is -0.118. The molecule has 0 fully saturated rings. The van der Waals surface area contributed by atoms with Gasteiger partial charge in [0.2, 0.25) is 16.9 Å². The zero-order chi connectivity index (χ0) is 17.1. The van der Waals surface area contributed by atoms with Crippen molar-refractivity contribution in [3.05, 3.63) is 36.9 Å². The van der Waals surface area contributed by atoms with Crippen LogP contribution in [0.3, 0.4) is 0 Å². The highest BCUT2D eigenvalue weighted by Crippen LogP contribution is 2.39. The van der Waals surface area contributed by atoms with Gasteiger partial charge in [0.1, 0.15) is 0 Å². The Morgan fingerprint density at radius 1 is 1.42 bits per heavy atom. The van der Waals surface area contributed by atoms with Gasteiger partial charge in [0.25, 0.3) is 0 Å². The number of ether oxygens (including phenoxy) is 1. The molecule has 7 heteroatoms. The van der Waals surface area contributed by atoms with Crippen LogP contribution < -0.4 is 9.64 Å². The van der Waals surface area contributed by atoms with Crippen LogP contribution >= 0.6 is 11.8 Å². The Morgan fingerprint density at radius 2 is 2.21 bits per heavy atom. The van der Waals surface area contributed by atoms with E-state index >= 15 is 0 Å². The van der Waals surface area contributed by atoms with E-state index < -0.39 is 6.23 Å². The Kier molecular flexibility index (Phi) is 4.80. The molecule has 1 aliphatic heterocycles. The number of fused-ring (bicyclic) bond motifs is 3. The van der Waals surface area contributed by atoms with E-state index in [0.717, 1.165) is 11.3 Å². The van der Waals surface area contributed by atoms with Gasteiger partial charge in [0.05, 0.1) is 5.69 Å². The highest BCUT2D eigenvalue weighted by Gasteiger charge is 2.32. The summed E-state index contributed by atoms with van der Waals surface area (Å²) in [5.74, 6) is 1.00. The van der Waals surface area contributed by atoms with Crippen LogP contribution in [0.15, 0.2) is 42.1 Å². The highest BCUT2D eigenvalue weighted by molar-refractivity contribution is 7.99. The van der Waals surface area contributed by atoms with Gasteiger partial charge < -0.3 is 4.74 Å². The fourth-order valence-corrected chi connectivity index (χ4v) is 3.12. The largest absolute Gasteiger partial charge is 0.451 e. The highest BCUT2D eigenvalue weighted by atomic mass is 32.2. The summed E-state index contributed by atoms with van der Waals surface area (Å²) in [4.78, 5) is 18.3. The number of anilines is 1. The SMILES string of the molecule is C=CCSc1nnc2c(n1)O[C@@H](CC)N(C(C)=O)c1ccccc1-2. The van der Waals surface area contributed by atoms with Gasteiger partial charge in [-0.3, -0.25) is 9.69 Å². The van der Waals surface area contributed by atoms with Gasteiger partial charge in [-0.2, -0.15) is 4.98 Å². The molecule has 1 atom stereocenters. The minimum absolute atomic E-state index is 0.0867. The van der Waals surface area contributed by atoms with Gasteiger partial charge in [-0.15, -0.1) is 16.8 Å². The number of benzene rings is 1. The van der Waals surface area contributed by atoms with E-state index in [-0.39, 0.29) is 5.91 Å². The molecule has 0 N–H and O–H groups in total. The number of rotatable bonds is 4. The van der Waals surface area contributed by atoms with Gasteiger partial charge >= 0.3 is 0 Å². The molecule has 2 heterocycles. The molecule has 24 heavy (non-hydrogen) atoms. The second-order valence-electron chi connectivity index (χ2n) is 5.23. The standard InChI is InChI=1S/C17H18N4O2S/c1-4-10-24-17-18-16-15(19-20-17)12-8-6-7-9-13(12)21(11(3)22)14(5-2)23-16/h4,6-9,14H,1,5,10H2,2-3H3/t14-/m0/s1. The monoisotopic (exact) mass is 342 g/mol. The summed E-state index contributed by atoms with van der Waals surface area (Å²) in [6, 6.07) is 7.58. The number of nitrogens with zero attached hydrogens (tertiary/aromatic N) is 4. The number of aromatic nitrogens is 3. The smallest absolute Gasteiger partial charge is 0.247 e. The lowest BCUT2D eigenvalue weighted by atomic mass is 10.1. The number of hydrogen-bond acceptors (Lipinski definition) is 6. The Labute approximate surface area is 144 Å². The average Bonchev–Trinajstić information content (AvgIpc) is 2.73. The van der Waals surface area contributed by atoms with Crippen LogP contribution in [0.2, 0.25) is 0 Å². The van der Waals surface area contributed by atoms with E-state index in [2.05, 4.69) is 21.8 Å². The summed E-state index contributed by atoms with van der Waals surface area (Å²) >= 11 is 1.43. The zero-order valence-electron chi connectivity index (χ0n) is 13.6. The van der Waals surface area contributed by atoms with Crippen molar-refractivity contribution in [2.45, 2.75) is 31.7 Å². The third-order valence-corrected chi connectivity index (χ3v) is 4.44. The molecule has 0 aliphatic carbocycles. The number of para-hydroxylation sites is 1. The number of amides is 1. The number of thioether (sulfide) groups is 1. The van der Waals surface area contributed by atoms with Crippen LogP contribution in [-0.2, 0) is 4.79 Å². The first-order valence-electron chi connectivity index (χ1n) is 7.70. The first kappa shape index (κ1) is 16.4. The Bertz CT molecular complexity index is 781. The molecule has 1 aromatic carbocycles. The Balaban J connectivity index is 2.15. The molecule has 124 valence electrons. The Morgan fingerprint density at radius 3 is 2.92 bits per heavy atom. The normalized spacial score (nSPS) is 15.8. The van der Waals surface area contributed by atoms with Gasteiger partial charge in [-0.1, -0.05) is 43.0 Å². The number of carbonyl (C=O) groups is 1. The number of hydrogen-bond donors (Lipinski definition) is 0. The molecule has 1 amide bonds. The van der Waals surface area contributed by atoms with Crippen molar-refractivity contribution in [2.24, 2.45) is 0 Å². The van der Waals surface area contributed by atoms with E-state index in [9.17, 15) is 4.79 Å². The fraction of sp³-hybridized carbons (Fsp3) is 0.294. The van der Waals surface area contributed by atoms with Crippen molar-refractivity contribution >= 4 is 23.4 Å². The molecule has 1 aliphatic rings. The molecule has 0 bridgehead atoms. The minimum Gasteiger partial charge on any atom is -0.451 e. The van der Waals surface area contributed by atoms with Crippen LogP contribution in [-0.4, -0.2) is 33.1 Å². The first-order chi connectivity index (χ1) is 11.7. The molecule has 2 aromatic rings. The maximum absolute atomic E-state index is 12.2. The molecule has 0 saturated heterocycles. The maximum atomic E-state index is 12.2. The van der Waals surface area contributed by atoms with E-state index in [1.54, 1.807) is 11.0 Å². The van der Waals surface area contributed by atoms with Crippen LogP contribution in [0.25, 0.3) is 11.3 Å². The quantitative estimate of drug-likeness (QED) is 0.627. The van der Waals surface area contributed by atoms with E-state index in [1.165, 1.54) is 18.7 Å². The van der Waals surface area contributed by atoms with Crippen molar-refractivity contribution in [3.63, 3.8) is 0 Å². The van der Waals surface area contributed by atoms with Crippen LogP contribution in [0.4, 0.5) is 5.69 Å². The molecule has 0 radical (unpaired) electrons. The molecule has 1 aromatic heterocycles. The van der Waals surface area contributed by atoms with Crippen LogP contribution in [0.1, 0.15) is 20.3 Å².